The first-order valence-corrected chi connectivity index (χ1v) is 14.0. The molecule has 1 fully saturated rings. The normalized spacial score (nSPS) is 14.9. The van der Waals surface area contributed by atoms with Crippen molar-refractivity contribution in [3.8, 4) is 11.5 Å². The maximum absolute atomic E-state index is 13.8. The Labute approximate surface area is 236 Å². The van der Waals surface area contributed by atoms with Crippen LogP contribution in [-0.2, 0) is 11.3 Å². The second-order valence-electron chi connectivity index (χ2n) is 10.4. The number of ether oxygens (including phenoxy) is 1. The Morgan fingerprint density at radius 3 is 2.35 bits per heavy atom. The van der Waals surface area contributed by atoms with Crippen LogP contribution < -0.4 is 4.74 Å². The number of likely N-dealkylation sites (tertiary alicyclic amines) is 1. The van der Waals surface area contributed by atoms with E-state index in [-0.39, 0.29) is 23.9 Å². The summed E-state index contributed by atoms with van der Waals surface area (Å²) in [5, 5.41) is 21.3. The summed E-state index contributed by atoms with van der Waals surface area (Å²) in [6.45, 7) is 2.73. The smallest absolute Gasteiger partial charge is 0.223 e. The number of ketones is 1. The van der Waals surface area contributed by atoms with Crippen molar-refractivity contribution in [2.45, 2.75) is 57.2 Å². The Kier molecular flexibility index (Phi) is 10.7. The lowest BCUT2D eigenvalue weighted by Crippen LogP contribution is -2.49. The Morgan fingerprint density at radius 2 is 1.70 bits per heavy atom. The van der Waals surface area contributed by atoms with Crippen molar-refractivity contribution < 1.29 is 24.5 Å². The molecule has 2 atom stereocenters. The highest BCUT2D eigenvalue weighted by Gasteiger charge is 2.33. The van der Waals surface area contributed by atoms with Gasteiger partial charge in [-0.15, -0.1) is 0 Å². The van der Waals surface area contributed by atoms with Gasteiger partial charge in [-0.2, -0.15) is 0 Å². The summed E-state index contributed by atoms with van der Waals surface area (Å²) in [7, 11) is 1.59. The van der Waals surface area contributed by atoms with Crippen LogP contribution in [0.5, 0.6) is 11.5 Å². The van der Waals surface area contributed by atoms with Gasteiger partial charge in [0.25, 0.3) is 0 Å². The second-order valence-corrected chi connectivity index (χ2v) is 10.4. The Hall–Kier alpha value is -3.75. The quantitative estimate of drug-likeness (QED) is 0.222. The summed E-state index contributed by atoms with van der Waals surface area (Å²) in [6.07, 6.45) is 6.49. The molecule has 0 unspecified atom stereocenters. The van der Waals surface area contributed by atoms with Crippen molar-refractivity contribution in [3.05, 3.63) is 89.7 Å². The van der Waals surface area contributed by atoms with Crippen LogP contribution in [0.3, 0.4) is 0 Å². The molecule has 4 rings (SSSR count). The number of carbonyl (C=O) groups excluding carboxylic acids is 2. The molecule has 0 radical (unpaired) electrons. The van der Waals surface area contributed by atoms with Gasteiger partial charge in [-0.25, -0.2) is 0 Å². The monoisotopic (exact) mass is 545 g/mol. The minimum Gasteiger partial charge on any atom is -0.508 e. The van der Waals surface area contributed by atoms with E-state index in [4.69, 9.17) is 4.74 Å². The molecule has 0 spiro atoms. The Bertz CT molecular complexity index is 1210. The largest absolute Gasteiger partial charge is 0.508 e. The molecule has 2 aromatic carbocycles. The third-order valence-electron chi connectivity index (χ3n) is 7.50. The Balaban J connectivity index is 1.47. The zero-order valence-electron chi connectivity index (χ0n) is 23.1. The Morgan fingerprint density at radius 1 is 1.00 bits per heavy atom. The lowest BCUT2D eigenvalue weighted by atomic mass is 9.98. The molecule has 8 heteroatoms. The average molecular weight is 546 g/mol. The van der Waals surface area contributed by atoms with Gasteiger partial charge >= 0.3 is 0 Å². The molecule has 212 valence electrons. The number of nitrogens with zero attached hydrogens (tertiary/aromatic N) is 3. The minimum atomic E-state index is -0.932. The van der Waals surface area contributed by atoms with Gasteiger partial charge in [-0.1, -0.05) is 18.2 Å². The second kappa shape index (κ2) is 14.6. The minimum absolute atomic E-state index is 0.0389. The number of aromatic hydroxyl groups is 1. The highest BCUT2D eigenvalue weighted by molar-refractivity contribution is 5.96. The van der Waals surface area contributed by atoms with Gasteiger partial charge in [0.1, 0.15) is 17.6 Å². The first-order chi connectivity index (χ1) is 19.4. The zero-order valence-corrected chi connectivity index (χ0v) is 23.1. The number of rotatable bonds is 14. The van der Waals surface area contributed by atoms with Crippen molar-refractivity contribution in [3.63, 3.8) is 0 Å². The fraction of sp³-hybridized carbons (Fsp3) is 0.406. The fourth-order valence-electron chi connectivity index (χ4n) is 5.20. The summed E-state index contributed by atoms with van der Waals surface area (Å²) in [5.41, 5.74) is 2.17. The number of pyridine rings is 1. The highest BCUT2D eigenvalue weighted by Crippen LogP contribution is 2.27. The van der Waals surface area contributed by atoms with Gasteiger partial charge in [0.2, 0.25) is 5.91 Å². The number of phenols is 1. The van der Waals surface area contributed by atoms with Gasteiger partial charge in [-0.05, 0) is 92.4 Å². The van der Waals surface area contributed by atoms with Crippen LogP contribution in [-0.4, -0.2) is 69.5 Å². The first-order valence-electron chi connectivity index (χ1n) is 14.0. The molecule has 8 nitrogen and oxygen atoms in total. The van der Waals surface area contributed by atoms with Crippen molar-refractivity contribution in [1.29, 1.82) is 0 Å². The van der Waals surface area contributed by atoms with Crippen molar-refractivity contribution in [1.82, 2.24) is 14.8 Å². The molecule has 1 aliphatic rings. The highest BCUT2D eigenvalue weighted by atomic mass is 16.5. The molecule has 0 saturated carbocycles. The van der Waals surface area contributed by atoms with Crippen LogP contribution >= 0.6 is 0 Å². The SMILES string of the molecule is COc1ccc(C(=O)CCCCC(=O)N(Cc2cccnc2)[C@H](CN2CCCC2)[C@H](O)c2ccc(O)cc2)cc1. The molecule has 1 amide bonds. The predicted molar refractivity (Wildman–Crippen MR) is 153 cm³/mol. The topological polar surface area (TPSA) is 103 Å². The number of unbranched alkanes of at least 4 members (excludes halogenated alkanes) is 1. The van der Waals surface area contributed by atoms with Crippen LogP contribution in [0.2, 0.25) is 0 Å². The molecule has 2 heterocycles. The number of hydrogen-bond donors (Lipinski definition) is 2. The molecule has 0 bridgehead atoms. The number of amides is 1. The van der Waals surface area contributed by atoms with E-state index in [1.165, 1.54) is 0 Å². The lowest BCUT2D eigenvalue weighted by Gasteiger charge is -2.37. The number of carbonyl (C=O) groups is 2. The molecule has 0 aliphatic carbocycles. The molecule has 1 saturated heterocycles. The number of phenolic OH excluding ortho intramolecular Hbond substituents is 1. The van der Waals surface area contributed by atoms with E-state index in [1.807, 2.05) is 12.1 Å². The molecule has 1 aliphatic heterocycles. The van der Waals surface area contributed by atoms with Crippen LogP contribution in [0.15, 0.2) is 73.1 Å². The van der Waals surface area contributed by atoms with E-state index >= 15 is 0 Å². The average Bonchev–Trinajstić information content (AvgIpc) is 3.51. The van der Waals surface area contributed by atoms with E-state index < -0.39 is 12.1 Å². The van der Waals surface area contributed by atoms with E-state index in [9.17, 15) is 19.8 Å². The van der Waals surface area contributed by atoms with E-state index in [1.54, 1.807) is 72.9 Å². The number of aliphatic hydroxyl groups excluding tert-OH is 1. The predicted octanol–water partition coefficient (Wildman–Crippen LogP) is 4.77. The van der Waals surface area contributed by atoms with Crippen LogP contribution in [0, 0.1) is 0 Å². The number of hydrogen-bond acceptors (Lipinski definition) is 7. The number of Topliss-reactive ketones (excluding diaryl/α,β-unsaturated/α-hetero) is 1. The lowest BCUT2D eigenvalue weighted by molar-refractivity contribution is -0.138. The number of aromatic nitrogens is 1. The van der Waals surface area contributed by atoms with Crippen molar-refractivity contribution in [2.75, 3.05) is 26.7 Å². The van der Waals surface area contributed by atoms with Gasteiger partial charge < -0.3 is 24.7 Å². The maximum Gasteiger partial charge on any atom is 0.223 e. The summed E-state index contributed by atoms with van der Waals surface area (Å²) >= 11 is 0. The first kappa shape index (κ1) is 29.2. The third-order valence-corrected chi connectivity index (χ3v) is 7.50. The fourth-order valence-corrected chi connectivity index (χ4v) is 5.20. The summed E-state index contributed by atoms with van der Waals surface area (Å²) < 4.78 is 5.16. The maximum atomic E-state index is 13.8. The van der Waals surface area contributed by atoms with Crippen LogP contribution in [0.25, 0.3) is 0 Å². The summed E-state index contributed by atoms with van der Waals surface area (Å²) in [6, 6.07) is 16.9. The number of benzene rings is 2. The summed E-state index contributed by atoms with van der Waals surface area (Å²) in [4.78, 5) is 34.7. The third kappa shape index (κ3) is 8.13. The molecule has 40 heavy (non-hydrogen) atoms. The van der Waals surface area contributed by atoms with Crippen LogP contribution in [0.1, 0.15) is 66.1 Å². The van der Waals surface area contributed by atoms with Gasteiger partial charge in [0.15, 0.2) is 5.78 Å². The van der Waals surface area contributed by atoms with E-state index in [0.29, 0.717) is 49.2 Å². The standard InChI is InChI=1S/C32H39N3O5/c1-40-28-16-12-25(13-17-28)30(37)8-2-3-9-31(38)35(22-24-7-6-18-33-21-24)29(23-34-19-4-5-20-34)32(39)26-10-14-27(36)15-11-26/h6-7,10-18,21,29,32,36,39H,2-5,8-9,19-20,22-23H2,1H3/t29-,32-/m1/s1. The summed E-state index contributed by atoms with van der Waals surface area (Å²) in [5.74, 6) is 0.799. The molecular formula is C32H39N3O5. The van der Waals surface area contributed by atoms with Crippen molar-refractivity contribution >= 4 is 11.7 Å². The number of methoxy groups -OCH3 is 1. The molecule has 1 aromatic heterocycles. The van der Waals surface area contributed by atoms with Crippen LogP contribution in [0.4, 0.5) is 0 Å². The van der Waals surface area contributed by atoms with Crippen molar-refractivity contribution in [2.24, 2.45) is 0 Å². The van der Waals surface area contributed by atoms with Gasteiger partial charge in [0.05, 0.1) is 13.2 Å². The number of aliphatic hydroxyl groups is 1. The van der Waals surface area contributed by atoms with Gasteiger partial charge in [-0.3, -0.25) is 14.6 Å². The van der Waals surface area contributed by atoms with Gasteiger partial charge in [0, 0.05) is 43.9 Å². The zero-order chi connectivity index (χ0) is 28.3. The molecule has 2 N–H and O–H groups in total. The van der Waals surface area contributed by atoms with E-state index in [0.717, 1.165) is 31.5 Å². The van der Waals surface area contributed by atoms with E-state index in [2.05, 4.69) is 9.88 Å². The molecule has 3 aromatic rings. The molecular weight excluding hydrogens is 506 g/mol.